The van der Waals surface area contributed by atoms with E-state index in [0.717, 1.165) is 35.4 Å². The predicted molar refractivity (Wildman–Crippen MR) is 114 cm³/mol. The molecule has 0 radical (unpaired) electrons. The number of hydrogen-bond donors (Lipinski definition) is 1. The molecule has 144 valence electrons. The van der Waals surface area contributed by atoms with E-state index in [1.165, 1.54) is 6.42 Å². The van der Waals surface area contributed by atoms with Crippen LogP contribution in [-0.2, 0) is 0 Å². The van der Waals surface area contributed by atoms with Crippen LogP contribution in [0.3, 0.4) is 0 Å². The molecule has 2 N–H and O–H groups in total. The summed E-state index contributed by atoms with van der Waals surface area (Å²) in [4.78, 5) is 22.0. The van der Waals surface area contributed by atoms with E-state index in [1.807, 2.05) is 34.9 Å². The van der Waals surface area contributed by atoms with Gasteiger partial charge >= 0.3 is 0 Å². The molecule has 2 aromatic heterocycles. The van der Waals surface area contributed by atoms with Crippen LogP contribution in [0.5, 0.6) is 0 Å². The molecule has 2 aromatic carbocycles. The Labute approximate surface area is 173 Å². The molecule has 0 atom stereocenters. The third-order valence-electron chi connectivity index (χ3n) is 5.60. The van der Waals surface area contributed by atoms with Crippen LogP contribution in [-0.4, -0.2) is 20.2 Å². The zero-order valence-electron chi connectivity index (χ0n) is 15.7. The molecule has 6 heteroatoms. The van der Waals surface area contributed by atoms with Crippen molar-refractivity contribution in [1.82, 2.24) is 14.4 Å². The molecule has 1 aliphatic rings. The summed E-state index contributed by atoms with van der Waals surface area (Å²) in [5.41, 5.74) is 9.63. The van der Waals surface area contributed by atoms with Crippen molar-refractivity contribution >= 4 is 28.7 Å². The molecule has 0 aliphatic heterocycles. The van der Waals surface area contributed by atoms with E-state index < -0.39 is 0 Å². The fourth-order valence-corrected chi connectivity index (χ4v) is 4.10. The van der Waals surface area contributed by atoms with Gasteiger partial charge in [0.15, 0.2) is 5.78 Å². The number of hydrogen-bond acceptors (Lipinski definition) is 4. The number of rotatable bonds is 4. The number of imidazole rings is 1. The molecule has 1 fully saturated rings. The maximum Gasteiger partial charge on any atom is 0.194 e. The first-order valence-corrected chi connectivity index (χ1v) is 10.0. The third kappa shape index (κ3) is 2.98. The number of carbonyl (C=O) groups excluding carboxylic acids is 1. The van der Waals surface area contributed by atoms with E-state index >= 15 is 0 Å². The van der Waals surface area contributed by atoms with Crippen molar-refractivity contribution < 1.29 is 4.79 Å². The highest BCUT2D eigenvalue weighted by atomic mass is 35.5. The summed E-state index contributed by atoms with van der Waals surface area (Å²) in [6, 6.07) is 14.5. The quantitative estimate of drug-likeness (QED) is 0.480. The van der Waals surface area contributed by atoms with E-state index in [9.17, 15) is 4.79 Å². The maximum atomic E-state index is 12.8. The monoisotopic (exact) mass is 402 g/mol. The van der Waals surface area contributed by atoms with Crippen LogP contribution in [0.4, 0.5) is 5.82 Å². The Balaban J connectivity index is 1.61. The zero-order chi connectivity index (χ0) is 20.0. The van der Waals surface area contributed by atoms with E-state index in [2.05, 4.69) is 4.98 Å². The molecule has 0 unspecified atom stereocenters. The van der Waals surface area contributed by atoms with Crippen molar-refractivity contribution in [3.8, 4) is 11.3 Å². The third-order valence-corrected chi connectivity index (χ3v) is 5.92. The van der Waals surface area contributed by atoms with Gasteiger partial charge in [0, 0.05) is 35.0 Å². The zero-order valence-corrected chi connectivity index (χ0v) is 16.4. The van der Waals surface area contributed by atoms with Gasteiger partial charge in [-0.3, -0.25) is 9.20 Å². The van der Waals surface area contributed by atoms with E-state index in [1.54, 1.807) is 30.5 Å². The SMILES string of the molecule is Nc1nccn2c(C3CCC3)nc(-c3ccc(C(=O)c4ccccc4)c(Cl)c3)c12. The fraction of sp³-hybridized carbons (Fsp3) is 0.174. The molecule has 2 heterocycles. The maximum absolute atomic E-state index is 12.8. The number of carbonyl (C=O) groups is 1. The van der Waals surface area contributed by atoms with Gasteiger partial charge in [-0.1, -0.05) is 54.4 Å². The van der Waals surface area contributed by atoms with E-state index in [0.29, 0.717) is 27.9 Å². The summed E-state index contributed by atoms with van der Waals surface area (Å²) in [7, 11) is 0. The van der Waals surface area contributed by atoms with Crippen molar-refractivity contribution in [1.29, 1.82) is 0 Å². The van der Waals surface area contributed by atoms with Gasteiger partial charge in [-0.2, -0.15) is 0 Å². The predicted octanol–water partition coefficient (Wildman–Crippen LogP) is 5.13. The van der Waals surface area contributed by atoms with Crippen LogP contribution in [0.25, 0.3) is 16.8 Å². The minimum absolute atomic E-state index is 0.104. The Morgan fingerprint density at radius 1 is 1.14 bits per heavy atom. The standard InChI is InChI=1S/C23H19ClN4O/c24-18-13-16(9-10-17(18)21(29)14-5-2-1-3-6-14)19-20-22(25)26-11-12-28(20)23(27-19)15-7-4-8-15/h1-3,5-6,9-13,15H,4,7-8H2,(H2,25,26). The number of nitrogens with two attached hydrogens (primary N) is 1. The normalized spacial score (nSPS) is 14.1. The summed E-state index contributed by atoms with van der Waals surface area (Å²) in [6.07, 6.45) is 7.09. The highest BCUT2D eigenvalue weighted by Crippen LogP contribution is 2.39. The Morgan fingerprint density at radius 2 is 1.93 bits per heavy atom. The Hall–Kier alpha value is -3.18. The average molecular weight is 403 g/mol. The van der Waals surface area contributed by atoms with Gasteiger partial charge < -0.3 is 5.73 Å². The molecule has 4 aromatic rings. The van der Waals surface area contributed by atoms with Crippen LogP contribution in [0.1, 0.15) is 46.9 Å². The summed E-state index contributed by atoms with van der Waals surface area (Å²) in [5, 5.41) is 0.394. The van der Waals surface area contributed by atoms with Crippen LogP contribution in [0, 0.1) is 0 Å². The molecular weight excluding hydrogens is 384 g/mol. The molecule has 0 spiro atoms. The van der Waals surface area contributed by atoms with Gasteiger partial charge in [-0.05, 0) is 25.0 Å². The van der Waals surface area contributed by atoms with Crippen molar-refractivity contribution in [2.24, 2.45) is 0 Å². The topological polar surface area (TPSA) is 73.3 Å². The minimum Gasteiger partial charge on any atom is -0.382 e. The van der Waals surface area contributed by atoms with Gasteiger partial charge in [-0.25, -0.2) is 9.97 Å². The summed E-state index contributed by atoms with van der Waals surface area (Å²) in [5.74, 6) is 1.78. The Bertz CT molecular complexity index is 1230. The molecule has 1 saturated carbocycles. The van der Waals surface area contributed by atoms with Gasteiger partial charge in [-0.15, -0.1) is 0 Å². The average Bonchev–Trinajstić information content (AvgIpc) is 3.07. The highest BCUT2D eigenvalue weighted by molar-refractivity contribution is 6.35. The van der Waals surface area contributed by atoms with Gasteiger partial charge in [0.1, 0.15) is 22.9 Å². The van der Waals surface area contributed by atoms with Crippen molar-refractivity contribution in [2.45, 2.75) is 25.2 Å². The number of halogens is 1. The summed E-state index contributed by atoms with van der Waals surface area (Å²) < 4.78 is 2.04. The number of benzene rings is 2. The van der Waals surface area contributed by atoms with Crippen LogP contribution < -0.4 is 5.73 Å². The highest BCUT2D eigenvalue weighted by Gasteiger charge is 2.27. The number of nitrogen functional groups attached to an aromatic ring is 1. The van der Waals surface area contributed by atoms with Crippen LogP contribution in [0.2, 0.25) is 5.02 Å². The number of fused-ring (bicyclic) bond motifs is 1. The smallest absolute Gasteiger partial charge is 0.194 e. The first-order valence-electron chi connectivity index (χ1n) is 9.65. The largest absolute Gasteiger partial charge is 0.382 e. The van der Waals surface area contributed by atoms with Gasteiger partial charge in [0.2, 0.25) is 0 Å². The molecule has 0 saturated heterocycles. The van der Waals surface area contributed by atoms with Crippen LogP contribution in [0.15, 0.2) is 60.9 Å². The molecule has 1 aliphatic carbocycles. The molecule has 5 rings (SSSR count). The van der Waals surface area contributed by atoms with Crippen molar-refractivity contribution in [2.75, 3.05) is 5.73 Å². The fourth-order valence-electron chi connectivity index (χ4n) is 3.83. The second kappa shape index (κ2) is 7.01. The number of anilines is 1. The van der Waals surface area contributed by atoms with Gasteiger partial charge in [0.25, 0.3) is 0 Å². The Morgan fingerprint density at radius 3 is 2.62 bits per heavy atom. The molecule has 0 bridgehead atoms. The number of ketones is 1. The van der Waals surface area contributed by atoms with Crippen LogP contribution >= 0.6 is 11.6 Å². The number of aromatic nitrogens is 3. The lowest BCUT2D eigenvalue weighted by Gasteiger charge is -2.23. The minimum atomic E-state index is -0.104. The number of nitrogens with zero attached hydrogens (tertiary/aromatic N) is 3. The van der Waals surface area contributed by atoms with E-state index in [-0.39, 0.29) is 5.78 Å². The lowest BCUT2D eigenvalue weighted by Crippen LogP contribution is -2.12. The lowest BCUT2D eigenvalue weighted by atomic mass is 9.85. The molecule has 29 heavy (non-hydrogen) atoms. The molecule has 0 amide bonds. The first-order chi connectivity index (χ1) is 14.1. The second-order valence-electron chi connectivity index (χ2n) is 7.37. The second-order valence-corrected chi connectivity index (χ2v) is 7.77. The van der Waals surface area contributed by atoms with Crippen molar-refractivity contribution in [3.63, 3.8) is 0 Å². The summed E-state index contributed by atoms with van der Waals surface area (Å²) in [6.45, 7) is 0. The van der Waals surface area contributed by atoms with Crippen molar-refractivity contribution in [3.05, 3.63) is 82.9 Å². The van der Waals surface area contributed by atoms with Gasteiger partial charge in [0.05, 0.1) is 5.02 Å². The Kier molecular flexibility index (Phi) is 4.32. The summed E-state index contributed by atoms with van der Waals surface area (Å²) >= 11 is 6.52. The molecule has 5 nitrogen and oxygen atoms in total. The van der Waals surface area contributed by atoms with E-state index in [4.69, 9.17) is 22.3 Å². The molecular formula is C23H19ClN4O. The first kappa shape index (κ1) is 17.9. The lowest BCUT2D eigenvalue weighted by molar-refractivity contribution is 0.103.